The number of carbonyl (C=O) groups excluding carboxylic acids is 1. The van der Waals surface area contributed by atoms with Crippen molar-refractivity contribution >= 4 is 16.8 Å². The van der Waals surface area contributed by atoms with Crippen LogP contribution in [0.15, 0.2) is 54.6 Å². The molecule has 0 aliphatic carbocycles. The standard InChI is InChI=1S/C29H30N4O/c1-18-14-24(15-19(2)30-18)28-20(3)26-9-8-23(16-27(26)31-28)21-4-6-22(7-5-21)29(34)33-13-12-32-11-10-25(33)17-32/h4-9,14-16,25,31H,10-13,17H2,1-3H3. The van der Waals surface area contributed by atoms with E-state index in [4.69, 9.17) is 0 Å². The molecule has 172 valence electrons. The number of carbonyl (C=O) groups is 1. The second-order valence-corrected chi connectivity index (χ2v) is 9.84. The fourth-order valence-corrected chi connectivity index (χ4v) is 5.72. The molecule has 2 bridgehead atoms. The maximum absolute atomic E-state index is 13.1. The van der Waals surface area contributed by atoms with Gasteiger partial charge in [-0.25, -0.2) is 0 Å². The lowest BCUT2D eigenvalue weighted by molar-refractivity contribution is 0.0609. The summed E-state index contributed by atoms with van der Waals surface area (Å²) in [5.41, 5.74) is 9.79. The van der Waals surface area contributed by atoms with Crippen molar-refractivity contribution in [1.29, 1.82) is 0 Å². The number of hydrogen-bond acceptors (Lipinski definition) is 3. The third kappa shape index (κ3) is 3.61. The molecule has 34 heavy (non-hydrogen) atoms. The van der Waals surface area contributed by atoms with E-state index in [1.54, 1.807) is 0 Å². The number of hydrogen-bond donors (Lipinski definition) is 1. The molecule has 1 N–H and O–H groups in total. The Hall–Kier alpha value is -3.44. The summed E-state index contributed by atoms with van der Waals surface area (Å²) in [7, 11) is 0. The van der Waals surface area contributed by atoms with Crippen molar-refractivity contribution in [3.05, 3.63) is 77.1 Å². The Morgan fingerprint density at radius 3 is 2.38 bits per heavy atom. The number of H-pyrrole nitrogens is 1. The van der Waals surface area contributed by atoms with Crippen LogP contribution in [-0.2, 0) is 0 Å². The van der Waals surface area contributed by atoms with Gasteiger partial charge in [-0.15, -0.1) is 0 Å². The highest BCUT2D eigenvalue weighted by Crippen LogP contribution is 2.33. The van der Waals surface area contributed by atoms with Crippen molar-refractivity contribution < 1.29 is 4.79 Å². The monoisotopic (exact) mass is 450 g/mol. The van der Waals surface area contributed by atoms with Gasteiger partial charge in [-0.1, -0.05) is 24.3 Å². The van der Waals surface area contributed by atoms with Crippen LogP contribution in [0.5, 0.6) is 0 Å². The number of rotatable bonds is 3. The number of fused-ring (bicyclic) bond motifs is 3. The summed E-state index contributed by atoms with van der Waals surface area (Å²) in [4.78, 5) is 25.8. The van der Waals surface area contributed by atoms with E-state index in [0.717, 1.165) is 71.9 Å². The first-order chi connectivity index (χ1) is 16.5. The number of aryl methyl sites for hydroxylation is 3. The van der Waals surface area contributed by atoms with E-state index < -0.39 is 0 Å². The smallest absolute Gasteiger partial charge is 0.254 e. The molecule has 0 radical (unpaired) electrons. The van der Waals surface area contributed by atoms with Gasteiger partial charge in [0.25, 0.3) is 5.91 Å². The van der Waals surface area contributed by atoms with Gasteiger partial charge in [-0.3, -0.25) is 14.7 Å². The number of aromatic nitrogens is 2. The number of pyridine rings is 1. The van der Waals surface area contributed by atoms with Crippen LogP contribution in [-0.4, -0.2) is 57.9 Å². The summed E-state index contributed by atoms with van der Waals surface area (Å²) >= 11 is 0. The molecule has 6 rings (SSSR count). The Bertz CT molecular complexity index is 1380. The summed E-state index contributed by atoms with van der Waals surface area (Å²) in [6.45, 7) is 10.2. The van der Waals surface area contributed by atoms with Crippen LogP contribution in [0.25, 0.3) is 33.3 Å². The number of benzene rings is 2. The van der Waals surface area contributed by atoms with Crippen molar-refractivity contribution in [1.82, 2.24) is 19.8 Å². The summed E-state index contributed by atoms with van der Waals surface area (Å²) in [6, 6.07) is 19.3. The minimum absolute atomic E-state index is 0.168. The number of piperazine rings is 1. The zero-order valence-corrected chi connectivity index (χ0v) is 20.1. The van der Waals surface area contributed by atoms with Crippen LogP contribution < -0.4 is 0 Å². The Morgan fingerprint density at radius 2 is 1.62 bits per heavy atom. The Labute approximate surface area is 200 Å². The zero-order chi connectivity index (χ0) is 23.4. The van der Waals surface area contributed by atoms with Crippen LogP contribution in [0.4, 0.5) is 0 Å². The summed E-state index contributed by atoms with van der Waals surface area (Å²) in [5, 5.41) is 1.23. The first-order valence-electron chi connectivity index (χ1n) is 12.2. The molecule has 2 aromatic heterocycles. The topological polar surface area (TPSA) is 52.2 Å². The SMILES string of the molecule is Cc1cc(-c2[nH]c3cc(-c4ccc(C(=O)N5CCN6CCC5C6)cc4)ccc3c2C)cc(C)n1. The number of nitrogens with one attached hydrogen (secondary N) is 1. The van der Waals surface area contributed by atoms with Crippen LogP contribution in [0.3, 0.4) is 0 Å². The van der Waals surface area contributed by atoms with Gasteiger partial charge >= 0.3 is 0 Å². The number of amides is 1. The zero-order valence-electron chi connectivity index (χ0n) is 20.1. The molecular formula is C29H30N4O. The second kappa shape index (κ2) is 8.10. The summed E-state index contributed by atoms with van der Waals surface area (Å²) in [6.07, 6.45) is 1.10. The van der Waals surface area contributed by atoms with Crippen LogP contribution in [0.1, 0.15) is 33.7 Å². The maximum atomic E-state index is 13.1. The quantitative estimate of drug-likeness (QED) is 0.458. The van der Waals surface area contributed by atoms with Gasteiger partial charge in [0.15, 0.2) is 0 Å². The molecule has 0 spiro atoms. The van der Waals surface area contributed by atoms with Crippen molar-refractivity contribution in [2.24, 2.45) is 0 Å². The van der Waals surface area contributed by atoms with E-state index in [-0.39, 0.29) is 5.91 Å². The average molecular weight is 451 g/mol. The van der Waals surface area contributed by atoms with Gasteiger partial charge in [-0.05, 0) is 74.2 Å². The van der Waals surface area contributed by atoms with Gasteiger partial charge in [0.2, 0.25) is 0 Å². The third-order valence-corrected chi connectivity index (χ3v) is 7.50. The first-order valence-corrected chi connectivity index (χ1v) is 12.2. The highest BCUT2D eigenvalue weighted by molar-refractivity contribution is 5.96. The lowest BCUT2D eigenvalue weighted by Crippen LogP contribution is -2.49. The second-order valence-electron chi connectivity index (χ2n) is 9.84. The molecule has 2 unspecified atom stereocenters. The lowest BCUT2D eigenvalue weighted by Gasteiger charge is -2.34. The maximum Gasteiger partial charge on any atom is 0.254 e. The summed E-state index contributed by atoms with van der Waals surface area (Å²) < 4.78 is 0. The molecule has 0 saturated carbocycles. The molecule has 5 nitrogen and oxygen atoms in total. The Kier molecular flexibility index (Phi) is 5.03. The van der Waals surface area contributed by atoms with Crippen molar-refractivity contribution in [2.45, 2.75) is 33.2 Å². The fourth-order valence-electron chi connectivity index (χ4n) is 5.72. The van der Waals surface area contributed by atoms with Gasteiger partial charge in [0, 0.05) is 71.3 Å². The third-order valence-electron chi connectivity index (χ3n) is 7.50. The molecule has 4 aromatic rings. The van der Waals surface area contributed by atoms with Gasteiger partial charge < -0.3 is 9.88 Å². The van der Waals surface area contributed by atoms with E-state index in [1.807, 2.05) is 26.0 Å². The lowest BCUT2D eigenvalue weighted by atomic mass is 10.0. The predicted molar refractivity (Wildman–Crippen MR) is 137 cm³/mol. The molecule has 1 amide bonds. The van der Waals surface area contributed by atoms with E-state index in [2.05, 4.69) is 69.2 Å². The van der Waals surface area contributed by atoms with Gasteiger partial charge in [-0.2, -0.15) is 0 Å². The highest BCUT2D eigenvalue weighted by atomic mass is 16.2. The molecule has 2 aromatic carbocycles. The van der Waals surface area contributed by atoms with Crippen molar-refractivity contribution in [3.63, 3.8) is 0 Å². The van der Waals surface area contributed by atoms with E-state index in [1.165, 1.54) is 16.5 Å². The minimum atomic E-state index is 0.168. The van der Waals surface area contributed by atoms with Crippen molar-refractivity contribution in [3.8, 4) is 22.4 Å². The molecule has 2 aliphatic heterocycles. The van der Waals surface area contributed by atoms with Crippen LogP contribution in [0.2, 0.25) is 0 Å². The normalized spacial score (nSPS) is 19.7. The first kappa shape index (κ1) is 21.1. The van der Waals surface area contributed by atoms with Gasteiger partial charge in [0.05, 0.1) is 0 Å². The predicted octanol–water partition coefficient (Wildman–Crippen LogP) is 5.35. The molecule has 2 saturated heterocycles. The molecular weight excluding hydrogens is 420 g/mol. The molecule has 2 atom stereocenters. The van der Waals surface area contributed by atoms with Crippen molar-refractivity contribution in [2.75, 3.05) is 26.2 Å². The average Bonchev–Trinajstić information content (AvgIpc) is 3.37. The molecule has 5 heteroatoms. The Balaban J connectivity index is 1.29. The van der Waals surface area contributed by atoms with Crippen LogP contribution in [0, 0.1) is 20.8 Å². The highest BCUT2D eigenvalue weighted by Gasteiger charge is 2.35. The van der Waals surface area contributed by atoms with E-state index in [9.17, 15) is 4.79 Å². The van der Waals surface area contributed by atoms with Gasteiger partial charge in [0.1, 0.15) is 0 Å². The number of nitrogens with zero attached hydrogens (tertiary/aromatic N) is 3. The summed E-state index contributed by atoms with van der Waals surface area (Å²) in [5.74, 6) is 0.168. The fraction of sp³-hybridized carbons (Fsp3) is 0.310. The molecule has 4 heterocycles. The number of aromatic amines is 1. The van der Waals surface area contributed by atoms with E-state index >= 15 is 0 Å². The molecule has 2 fully saturated rings. The van der Waals surface area contributed by atoms with Crippen LogP contribution >= 0.6 is 0 Å². The van der Waals surface area contributed by atoms with E-state index in [0.29, 0.717) is 6.04 Å². The molecule has 2 aliphatic rings. The Morgan fingerprint density at radius 1 is 0.882 bits per heavy atom. The largest absolute Gasteiger partial charge is 0.354 e. The minimum Gasteiger partial charge on any atom is -0.354 e.